The van der Waals surface area contributed by atoms with E-state index in [-0.39, 0.29) is 0 Å². The number of aliphatic hydroxyl groups is 1. The van der Waals surface area contributed by atoms with Crippen LogP contribution in [0.15, 0.2) is 12.2 Å². The maximum absolute atomic E-state index is 8.97. The molecule has 1 saturated carbocycles. The van der Waals surface area contributed by atoms with Crippen LogP contribution in [0.25, 0.3) is 0 Å². The highest BCUT2D eigenvalue weighted by Gasteiger charge is 2.28. The summed E-state index contributed by atoms with van der Waals surface area (Å²) in [6.45, 7) is 8.84. The molecule has 1 rings (SSSR count). The van der Waals surface area contributed by atoms with Crippen molar-refractivity contribution in [2.24, 2.45) is 17.8 Å². The van der Waals surface area contributed by atoms with Gasteiger partial charge in [-0.1, -0.05) is 25.5 Å². The molecule has 0 aromatic rings. The first-order valence-corrected chi connectivity index (χ1v) is 5.41. The van der Waals surface area contributed by atoms with E-state index in [1.807, 2.05) is 0 Å². The number of rotatable bonds is 3. The fourth-order valence-electron chi connectivity index (χ4n) is 2.63. The van der Waals surface area contributed by atoms with Crippen LogP contribution in [0, 0.1) is 17.8 Å². The second kappa shape index (κ2) is 4.80. The third-order valence-corrected chi connectivity index (χ3v) is 3.38. The minimum absolute atomic E-state index is 0.334. The Kier molecular flexibility index (Phi) is 3.98. The fraction of sp³-hybridized carbons (Fsp3) is 0.833. The van der Waals surface area contributed by atoms with E-state index >= 15 is 0 Å². The molecule has 1 heteroatoms. The minimum atomic E-state index is 0.334. The second-order valence-electron chi connectivity index (χ2n) is 4.64. The van der Waals surface area contributed by atoms with Crippen molar-refractivity contribution in [3.05, 3.63) is 12.2 Å². The SMILES string of the molecule is C=C(C)[C@H]1CC[C@H](C)C[C@@H]1CCO. The first kappa shape index (κ1) is 10.8. The van der Waals surface area contributed by atoms with Crippen molar-refractivity contribution in [3.8, 4) is 0 Å². The van der Waals surface area contributed by atoms with Crippen LogP contribution in [0.3, 0.4) is 0 Å². The molecule has 0 saturated heterocycles. The zero-order valence-corrected chi connectivity index (χ0v) is 8.92. The van der Waals surface area contributed by atoms with Crippen LogP contribution in [0.1, 0.15) is 39.5 Å². The molecule has 0 bridgehead atoms. The average molecular weight is 182 g/mol. The van der Waals surface area contributed by atoms with Gasteiger partial charge in [-0.05, 0) is 43.9 Å². The molecule has 1 aliphatic rings. The van der Waals surface area contributed by atoms with E-state index in [9.17, 15) is 0 Å². The van der Waals surface area contributed by atoms with Gasteiger partial charge in [-0.15, -0.1) is 0 Å². The summed E-state index contributed by atoms with van der Waals surface area (Å²) < 4.78 is 0. The summed E-state index contributed by atoms with van der Waals surface area (Å²) in [5.41, 5.74) is 1.31. The molecule has 0 aromatic carbocycles. The Labute approximate surface area is 81.9 Å². The molecule has 1 nitrogen and oxygen atoms in total. The lowest BCUT2D eigenvalue weighted by Gasteiger charge is -2.35. The molecule has 1 aliphatic carbocycles. The van der Waals surface area contributed by atoms with Crippen molar-refractivity contribution in [2.75, 3.05) is 6.61 Å². The van der Waals surface area contributed by atoms with Crippen molar-refractivity contribution < 1.29 is 5.11 Å². The Morgan fingerprint density at radius 3 is 2.69 bits per heavy atom. The molecule has 3 atom stereocenters. The highest BCUT2D eigenvalue weighted by molar-refractivity contribution is 5.01. The lowest BCUT2D eigenvalue weighted by Crippen LogP contribution is -2.25. The van der Waals surface area contributed by atoms with Crippen molar-refractivity contribution in [1.82, 2.24) is 0 Å². The third-order valence-electron chi connectivity index (χ3n) is 3.38. The number of allylic oxidation sites excluding steroid dienone is 1. The van der Waals surface area contributed by atoms with Crippen molar-refractivity contribution in [1.29, 1.82) is 0 Å². The van der Waals surface area contributed by atoms with Crippen LogP contribution in [-0.2, 0) is 0 Å². The summed E-state index contributed by atoms with van der Waals surface area (Å²) in [6, 6.07) is 0. The molecule has 0 heterocycles. The van der Waals surface area contributed by atoms with Crippen LogP contribution >= 0.6 is 0 Å². The van der Waals surface area contributed by atoms with Gasteiger partial charge in [0.15, 0.2) is 0 Å². The maximum Gasteiger partial charge on any atom is 0.0433 e. The van der Waals surface area contributed by atoms with Gasteiger partial charge < -0.3 is 5.11 Å². The molecular formula is C12H22O. The zero-order chi connectivity index (χ0) is 9.84. The summed E-state index contributed by atoms with van der Waals surface area (Å²) in [5.74, 6) is 2.20. The number of aliphatic hydroxyl groups excluding tert-OH is 1. The fourth-order valence-corrected chi connectivity index (χ4v) is 2.63. The van der Waals surface area contributed by atoms with Crippen LogP contribution < -0.4 is 0 Å². The second-order valence-corrected chi connectivity index (χ2v) is 4.64. The monoisotopic (exact) mass is 182 g/mol. The van der Waals surface area contributed by atoms with Gasteiger partial charge >= 0.3 is 0 Å². The van der Waals surface area contributed by atoms with E-state index in [2.05, 4.69) is 20.4 Å². The van der Waals surface area contributed by atoms with Gasteiger partial charge in [-0.25, -0.2) is 0 Å². The molecule has 76 valence electrons. The van der Waals surface area contributed by atoms with Gasteiger partial charge in [-0.2, -0.15) is 0 Å². The Morgan fingerprint density at radius 1 is 1.46 bits per heavy atom. The molecule has 0 amide bonds. The summed E-state index contributed by atoms with van der Waals surface area (Å²) >= 11 is 0. The van der Waals surface area contributed by atoms with Crippen LogP contribution in [0.4, 0.5) is 0 Å². The Bertz CT molecular complexity index is 174. The van der Waals surface area contributed by atoms with Gasteiger partial charge in [0.2, 0.25) is 0 Å². The molecule has 13 heavy (non-hydrogen) atoms. The van der Waals surface area contributed by atoms with Crippen LogP contribution in [0.5, 0.6) is 0 Å². The largest absolute Gasteiger partial charge is 0.396 e. The van der Waals surface area contributed by atoms with E-state index < -0.39 is 0 Å². The summed E-state index contributed by atoms with van der Waals surface area (Å²) in [7, 11) is 0. The highest BCUT2D eigenvalue weighted by atomic mass is 16.3. The maximum atomic E-state index is 8.97. The molecule has 0 radical (unpaired) electrons. The molecule has 1 N–H and O–H groups in total. The Morgan fingerprint density at radius 2 is 2.15 bits per heavy atom. The zero-order valence-electron chi connectivity index (χ0n) is 8.92. The van der Waals surface area contributed by atoms with Crippen molar-refractivity contribution >= 4 is 0 Å². The minimum Gasteiger partial charge on any atom is -0.396 e. The van der Waals surface area contributed by atoms with Gasteiger partial charge in [-0.3, -0.25) is 0 Å². The van der Waals surface area contributed by atoms with E-state index in [0.29, 0.717) is 18.4 Å². The summed E-state index contributed by atoms with van der Waals surface area (Å²) in [4.78, 5) is 0. The molecular weight excluding hydrogens is 160 g/mol. The molecule has 0 aliphatic heterocycles. The predicted octanol–water partition coefficient (Wildman–Crippen LogP) is 3.00. The molecule has 0 spiro atoms. The Hall–Kier alpha value is -0.300. The standard InChI is InChI=1S/C12H22O/c1-9(2)12-5-4-10(3)8-11(12)6-7-13/h10-13H,1,4-8H2,2-3H3/t10-,11-,12+/m0/s1. The smallest absolute Gasteiger partial charge is 0.0433 e. The van der Waals surface area contributed by atoms with E-state index in [1.54, 1.807) is 0 Å². The Balaban J connectivity index is 2.55. The van der Waals surface area contributed by atoms with Gasteiger partial charge in [0.1, 0.15) is 0 Å². The lowest BCUT2D eigenvalue weighted by molar-refractivity contribution is 0.166. The molecule has 1 fully saturated rings. The van der Waals surface area contributed by atoms with Crippen molar-refractivity contribution in [2.45, 2.75) is 39.5 Å². The summed E-state index contributed by atoms with van der Waals surface area (Å²) in [5, 5.41) is 8.97. The lowest BCUT2D eigenvalue weighted by atomic mass is 9.71. The predicted molar refractivity (Wildman–Crippen MR) is 56.5 cm³/mol. The van der Waals surface area contributed by atoms with Gasteiger partial charge in [0.05, 0.1) is 0 Å². The topological polar surface area (TPSA) is 20.2 Å². The quantitative estimate of drug-likeness (QED) is 0.665. The van der Waals surface area contributed by atoms with Crippen LogP contribution in [0.2, 0.25) is 0 Å². The highest BCUT2D eigenvalue weighted by Crippen LogP contribution is 2.38. The van der Waals surface area contributed by atoms with Gasteiger partial charge in [0.25, 0.3) is 0 Å². The number of hydrogen-bond acceptors (Lipinski definition) is 1. The molecule has 0 unspecified atom stereocenters. The van der Waals surface area contributed by atoms with Crippen LogP contribution in [-0.4, -0.2) is 11.7 Å². The first-order chi connectivity index (χ1) is 6.15. The van der Waals surface area contributed by atoms with E-state index in [4.69, 9.17) is 5.11 Å². The van der Waals surface area contributed by atoms with Gasteiger partial charge in [0, 0.05) is 6.61 Å². The molecule has 0 aromatic heterocycles. The van der Waals surface area contributed by atoms with E-state index in [1.165, 1.54) is 24.8 Å². The van der Waals surface area contributed by atoms with Crippen molar-refractivity contribution in [3.63, 3.8) is 0 Å². The third kappa shape index (κ3) is 2.84. The van der Waals surface area contributed by atoms with E-state index in [0.717, 1.165) is 12.3 Å². The summed E-state index contributed by atoms with van der Waals surface area (Å²) in [6.07, 6.45) is 4.85. The average Bonchev–Trinajstić information content (AvgIpc) is 2.04. The first-order valence-electron chi connectivity index (χ1n) is 5.41. The number of hydrogen-bond donors (Lipinski definition) is 1. The normalized spacial score (nSPS) is 34.5.